The highest BCUT2D eigenvalue weighted by Crippen LogP contribution is 2.32. The molecule has 0 unspecified atom stereocenters. The number of carbonyl (C=O) groups is 2. The first kappa shape index (κ1) is 19.6. The fraction of sp³-hybridized carbons (Fsp3) is 0.188. The number of nitro groups is 1. The largest absolute Gasteiger partial charge is 0.450 e. The van der Waals surface area contributed by atoms with Crippen LogP contribution >= 0.6 is 0 Å². The van der Waals surface area contributed by atoms with Gasteiger partial charge in [0, 0.05) is 11.6 Å². The van der Waals surface area contributed by atoms with Crippen molar-refractivity contribution in [3.05, 3.63) is 51.8 Å². The van der Waals surface area contributed by atoms with E-state index in [0.29, 0.717) is 0 Å². The Morgan fingerprint density at radius 3 is 2.59 bits per heavy atom. The van der Waals surface area contributed by atoms with Gasteiger partial charge in [-0.1, -0.05) is 0 Å². The lowest BCUT2D eigenvalue weighted by Gasteiger charge is -2.11. The van der Waals surface area contributed by atoms with Crippen molar-refractivity contribution in [2.75, 3.05) is 29.5 Å². The van der Waals surface area contributed by atoms with Crippen LogP contribution in [-0.2, 0) is 4.74 Å². The molecule has 0 aliphatic heterocycles. The minimum Gasteiger partial charge on any atom is -0.450 e. The third-order valence-corrected chi connectivity index (χ3v) is 3.31. The maximum atomic E-state index is 12.9. The van der Waals surface area contributed by atoms with E-state index < -0.39 is 34.1 Å². The maximum absolute atomic E-state index is 12.9. The third kappa shape index (κ3) is 5.11. The molecule has 0 saturated heterocycles. The van der Waals surface area contributed by atoms with Gasteiger partial charge in [-0.05, 0) is 31.2 Å². The number of nitrogen functional groups attached to an aromatic ring is 1. The quantitative estimate of drug-likeness (QED) is 0.378. The molecule has 0 aliphatic carbocycles. The summed E-state index contributed by atoms with van der Waals surface area (Å²) in [6.45, 7) is 1.39. The number of benzene rings is 1. The number of Topliss-reactive ketones (excluding diaryl/α,β-unsaturated/α-hetero) is 1. The van der Waals surface area contributed by atoms with E-state index in [-0.39, 0.29) is 30.2 Å². The van der Waals surface area contributed by atoms with Crippen molar-refractivity contribution in [2.45, 2.75) is 6.92 Å². The van der Waals surface area contributed by atoms with Crippen LogP contribution in [0.2, 0.25) is 0 Å². The van der Waals surface area contributed by atoms with Crippen molar-refractivity contribution < 1.29 is 23.6 Å². The predicted octanol–water partition coefficient (Wildman–Crippen LogP) is 2.57. The number of rotatable bonds is 7. The van der Waals surface area contributed by atoms with Gasteiger partial charge in [-0.25, -0.2) is 14.2 Å². The smallest absolute Gasteiger partial charge is 0.412 e. The molecular weight excluding hydrogens is 361 g/mol. The Balaban J connectivity index is 2.23. The van der Waals surface area contributed by atoms with E-state index in [1.165, 1.54) is 12.1 Å². The summed E-state index contributed by atoms with van der Waals surface area (Å²) in [7, 11) is 0. The molecule has 27 heavy (non-hydrogen) atoms. The fourth-order valence-corrected chi connectivity index (χ4v) is 2.13. The minimum absolute atomic E-state index is 0.0896. The predicted molar refractivity (Wildman–Crippen MR) is 95.2 cm³/mol. The Hall–Kier alpha value is -3.76. The molecule has 1 amide bonds. The number of aromatic nitrogens is 1. The monoisotopic (exact) mass is 377 g/mol. The van der Waals surface area contributed by atoms with E-state index in [1.807, 2.05) is 0 Å². The highest BCUT2D eigenvalue weighted by molar-refractivity contribution is 5.99. The summed E-state index contributed by atoms with van der Waals surface area (Å²) in [4.78, 5) is 37.8. The number of ketones is 1. The van der Waals surface area contributed by atoms with E-state index in [2.05, 4.69) is 15.6 Å². The Bertz CT molecular complexity index is 872. The second kappa shape index (κ2) is 8.56. The topological polar surface area (TPSA) is 149 Å². The van der Waals surface area contributed by atoms with Gasteiger partial charge in [-0.3, -0.25) is 20.2 Å². The van der Waals surface area contributed by atoms with Crippen molar-refractivity contribution in [1.82, 2.24) is 4.98 Å². The zero-order chi connectivity index (χ0) is 20.0. The van der Waals surface area contributed by atoms with E-state index in [9.17, 15) is 24.1 Å². The second-order valence-corrected chi connectivity index (χ2v) is 5.18. The highest BCUT2D eigenvalue weighted by Gasteiger charge is 2.22. The minimum atomic E-state index is -0.813. The van der Waals surface area contributed by atoms with Crippen LogP contribution in [-0.4, -0.2) is 34.9 Å². The lowest BCUT2D eigenvalue weighted by atomic mass is 10.1. The summed E-state index contributed by atoms with van der Waals surface area (Å²) in [5.41, 5.74) is 5.16. The van der Waals surface area contributed by atoms with Crippen molar-refractivity contribution in [2.24, 2.45) is 0 Å². The van der Waals surface area contributed by atoms with Crippen LogP contribution in [0, 0.1) is 15.9 Å². The number of amides is 1. The molecule has 142 valence electrons. The van der Waals surface area contributed by atoms with Crippen molar-refractivity contribution in [3.63, 3.8) is 0 Å². The zero-order valence-corrected chi connectivity index (χ0v) is 14.2. The molecule has 1 aromatic heterocycles. The van der Waals surface area contributed by atoms with Crippen LogP contribution in [0.4, 0.5) is 32.2 Å². The van der Waals surface area contributed by atoms with Gasteiger partial charge in [-0.15, -0.1) is 0 Å². The Kier molecular flexibility index (Phi) is 6.20. The van der Waals surface area contributed by atoms with Gasteiger partial charge in [0.25, 0.3) is 0 Å². The van der Waals surface area contributed by atoms with Crippen LogP contribution in [0.3, 0.4) is 0 Å². The van der Waals surface area contributed by atoms with E-state index in [4.69, 9.17) is 10.5 Å². The van der Waals surface area contributed by atoms with Gasteiger partial charge in [0.15, 0.2) is 5.78 Å². The summed E-state index contributed by atoms with van der Waals surface area (Å²) in [6, 6.07) is 6.00. The van der Waals surface area contributed by atoms with Crippen LogP contribution in [0.25, 0.3) is 0 Å². The number of hydrogen-bond acceptors (Lipinski definition) is 8. The number of carbonyl (C=O) groups excluding carboxylic acids is 2. The molecule has 1 heterocycles. The van der Waals surface area contributed by atoms with Crippen LogP contribution in [0.5, 0.6) is 0 Å². The second-order valence-electron chi connectivity index (χ2n) is 5.18. The molecule has 0 radical (unpaired) electrons. The molecule has 2 aromatic rings. The number of pyridine rings is 1. The molecule has 2 rings (SSSR count). The maximum Gasteiger partial charge on any atom is 0.412 e. The normalized spacial score (nSPS) is 10.1. The van der Waals surface area contributed by atoms with Crippen molar-refractivity contribution in [3.8, 4) is 0 Å². The highest BCUT2D eigenvalue weighted by atomic mass is 19.1. The van der Waals surface area contributed by atoms with E-state index in [0.717, 1.165) is 18.2 Å². The van der Waals surface area contributed by atoms with Gasteiger partial charge in [0.2, 0.25) is 5.82 Å². The molecule has 0 atom stereocenters. The average molecular weight is 377 g/mol. The standard InChI is InChI=1S/C16H16FN5O5/c1-2-27-16(24)21-13-7-11(14(22(25)26)15(18)20-13)19-8-12(23)9-3-5-10(17)6-4-9/h3-7H,2,8H2,1H3,(H4,18,19,20,21,24). The van der Waals surface area contributed by atoms with Crippen molar-refractivity contribution >= 4 is 34.9 Å². The summed E-state index contributed by atoms with van der Waals surface area (Å²) in [5, 5.41) is 16.1. The molecule has 0 spiro atoms. The molecule has 11 heteroatoms. The fourth-order valence-electron chi connectivity index (χ4n) is 2.13. The number of anilines is 3. The van der Waals surface area contributed by atoms with Gasteiger partial charge in [-0.2, -0.15) is 0 Å². The van der Waals surface area contributed by atoms with Crippen LogP contribution in [0.1, 0.15) is 17.3 Å². The van der Waals surface area contributed by atoms with Crippen molar-refractivity contribution in [1.29, 1.82) is 0 Å². The van der Waals surface area contributed by atoms with Crippen LogP contribution in [0.15, 0.2) is 30.3 Å². The number of nitrogens with one attached hydrogen (secondary N) is 2. The summed E-state index contributed by atoms with van der Waals surface area (Å²) in [5.74, 6) is -1.47. The molecule has 10 nitrogen and oxygen atoms in total. The van der Waals surface area contributed by atoms with Gasteiger partial charge >= 0.3 is 11.8 Å². The molecular formula is C16H16FN5O5. The Morgan fingerprint density at radius 1 is 1.33 bits per heavy atom. The Labute approximate surface area is 152 Å². The van der Waals surface area contributed by atoms with Gasteiger partial charge in [0.1, 0.15) is 17.3 Å². The first-order chi connectivity index (χ1) is 12.8. The average Bonchev–Trinajstić information content (AvgIpc) is 2.59. The SMILES string of the molecule is CCOC(=O)Nc1cc(NCC(=O)c2ccc(F)cc2)c([N+](=O)[O-])c(N)n1. The molecule has 0 aliphatic rings. The summed E-state index contributed by atoms with van der Waals surface area (Å²) < 4.78 is 17.6. The molecule has 0 bridgehead atoms. The van der Waals surface area contributed by atoms with E-state index in [1.54, 1.807) is 6.92 Å². The number of halogens is 1. The zero-order valence-electron chi connectivity index (χ0n) is 14.2. The molecule has 1 aromatic carbocycles. The number of nitrogens with two attached hydrogens (primary N) is 1. The Morgan fingerprint density at radius 2 is 2.00 bits per heavy atom. The third-order valence-electron chi connectivity index (χ3n) is 3.31. The summed E-state index contributed by atoms with van der Waals surface area (Å²) >= 11 is 0. The van der Waals surface area contributed by atoms with Crippen LogP contribution < -0.4 is 16.4 Å². The molecule has 0 saturated carbocycles. The first-order valence-corrected chi connectivity index (χ1v) is 7.73. The van der Waals surface area contributed by atoms with Gasteiger partial charge in [0.05, 0.1) is 18.1 Å². The number of ether oxygens (including phenoxy) is 1. The summed E-state index contributed by atoms with van der Waals surface area (Å²) in [6.07, 6.45) is -0.813. The number of nitrogens with zero attached hydrogens (tertiary/aromatic N) is 2. The number of hydrogen-bond donors (Lipinski definition) is 3. The van der Waals surface area contributed by atoms with Gasteiger partial charge < -0.3 is 15.8 Å². The lowest BCUT2D eigenvalue weighted by molar-refractivity contribution is -0.383. The molecule has 4 N–H and O–H groups in total. The lowest BCUT2D eigenvalue weighted by Crippen LogP contribution is -2.18. The van der Waals surface area contributed by atoms with E-state index >= 15 is 0 Å². The first-order valence-electron chi connectivity index (χ1n) is 7.73. The molecule has 0 fully saturated rings.